The van der Waals surface area contributed by atoms with E-state index in [1.165, 1.54) is 0 Å². The lowest BCUT2D eigenvalue weighted by Gasteiger charge is -2.30. The Morgan fingerprint density at radius 2 is 1.82 bits per heavy atom. The normalized spacial score (nSPS) is 15.2. The molecule has 40 heavy (non-hydrogen) atoms. The number of hydrogen-bond donors (Lipinski definition) is 1. The SMILES string of the molecule is Cc1noc(C)c1-c1cnc2c(c1)c(-c1ccc(C(=O)O)cc1OC1CCC1)cn2-c1cnc(N2CCC2)nc1. The topological polar surface area (TPSA) is 119 Å². The maximum Gasteiger partial charge on any atom is 0.335 e. The first-order valence-corrected chi connectivity index (χ1v) is 13.5. The van der Waals surface area contributed by atoms with E-state index in [-0.39, 0.29) is 11.7 Å². The van der Waals surface area contributed by atoms with Crippen molar-refractivity contribution in [2.75, 3.05) is 18.0 Å². The Hall–Kier alpha value is -4.73. The van der Waals surface area contributed by atoms with Gasteiger partial charge in [0, 0.05) is 53.1 Å². The number of pyridine rings is 1. The summed E-state index contributed by atoms with van der Waals surface area (Å²) in [7, 11) is 0. The lowest BCUT2D eigenvalue weighted by Crippen LogP contribution is -2.38. The number of hydrogen-bond acceptors (Lipinski definition) is 8. The molecular formula is C30H28N6O4. The molecule has 7 rings (SSSR count). The number of ether oxygens (including phenoxy) is 1. The summed E-state index contributed by atoms with van der Waals surface area (Å²) in [6.07, 6.45) is 11.7. The van der Waals surface area contributed by atoms with E-state index in [2.05, 4.69) is 26.1 Å². The van der Waals surface area contributed by atoms with Crippen LogP contribution >= 0.6 is 0 Å². The van der Waals surface area contributed by atoms with E-state index in [9.17, 15) is 9.90 Å². The minimum Gasteiger partial charge on any atom is -0.490 e. The van der Waals surface area contributed by atoms with Crippen molar-refractivity contribution in [2.45, 2.75) is 45.6 Å². The van der Waals surface area contributed by atoms with Gasteiger partial charge in [-0.2, -0.15) is 0 Å². The minimum atomic E-state index is -0.991. The predicted molar refractivity (Wildman–Crippen MR) is 149 cm³/mol. The average Bonchev–Trinajstić information content (AvgIpc) is 3.44. The van der Waals surface area contributed by atoms with Gasteiger partial charge < -0.3 is 19.3 Å². The van der Waals surface area contributed by atoms with Crippen LogP contribution in [0.15, 0.2) is 53.6 Å². The number of aryl methyl sites for hydroxylation is 2. The Bertz CT molecular complexity index is 1730. The van der Waals surface area contributed by atoms with Gasteiger partial charge in [-0.05, 0) is 63.8 Å². The fraction of sp³-hybridized carbons (Fsp3) is 0.300. The molecule has 1 aliphatic carbocycles. The molecule has 1 saturated heterocycles. The molecule has 1 aromatic carbocycles. The van der Waals surface area contributed by atoms with Gasteiger partial charge in [0.25, 0.3) is 0 Å². The number of aromatic nitrogens is 5. The molecule has 0 amide bonds. The molecule has 2 fully saturated rings. The summed E-state index contributed by atoms with van der Waals surface area (Å²) in [5.74, 6) is 1.00. The standard InChI is InChI=1S/C30H28N6O4/c1-17-27(18(2)40-34-17)20-11-24-25(23-8-7-19(29(37)38)12-26(23)39-22-5-3-6-22)16-36(28(24)31-13-20)21-14-32-30(33-15-21)35-9-4-10-35/h7-8,11-16,22H,3-6,9-10H2,1-2H3,(H,37,38). The van der Waals surface area contributed by atoms with Crippen LogP contribution in [0.4, 0.5) is 5.95 Å². The van der Waals surface area contributed by atoms with Crippen molar-refractivity contribution >= 4 is 23.0 Å². The molecule has 5 aromatic rings. The fourth-order valence-electron chi connectivity index (χ4n) is 5.31. The number of nitrogens with zero attached hydrogens (tertiary/aromatic N) is 6. The van der Waals surface area contributed by atoms with E-state index < -0.39 is 5.97 Å². The summed E-state index contributed by atoms with van der Waals surface area (Å²) in [6, 6.07) is 7.14. The second-order valence-corrected chi connectivity index (χ2v) is 10.5. The third-order valence-electron chi connectivity index (χ3n) is 7.87. The van der Waals surface area contributed by atoms with Crippen LogP contribution in [-0.2, 0) is 0 Å². The van der Waals surface area contributed by atoms with Gasteiger partial charge in [0.05, 0.1) is 35.4 Å². The third-order valence-corrected chi connectivity index (χ3v) is 7.87. The Morgan fingerprint density at radius 1 is 1.02 bits per heavy atom. The molecule has 1 saturated carbocycles. The van der Waals surface area contributed by atoms with Crippen LogP contribution in [0.1, 0.15) is 47.5 Å². The maximum absolute atomic E-state index is 11.8. The summed E-state index contributed by atoms with van der Waals surface area (Å²) < 4.78 is 13.7. The Morgan fingerprint density at radius 3 is 2.45 bits per heavy atom. The Balaban J connectivity index is 1.42. The zero-order valence-corrected chi connectivity index (χ0v) is 22.3. The second-order valence-electron chi connectivity index (χ2n) is 10.5. The summed E-state index contributed by atoms with van der Waals surface area (Å²) in [4.78, 5) is 28.1. The molecule has 202 valence electrons. The van der Waals surface area contributed by atoms with Gasteiger partial charge >= 0.3 is 5.97 Å². The van der Waals surface area contributed by atoms with Gasteiger partial charge in [-0.1, -0.05) is 5.16 Å². The molecule has 10 nitrogen and oxygen atoms in total. The molecule has 0 unspecified atom stereocenters. The molecule has 0 radical (unpaired) electrons. The van der Waals surface area contributed by atoms with E-state index in [1.54, 1.807) is 12.1 Å². The van der Waals surface area contributed by atoms with Crippen molar-refractivity contribution in [2.24, 2.45) is 0 Å². The van der Waals surface area contributed by atoms with Gasteiger partial charge in [0.1, 0.15) is 17.2 Å². The van der Waals surface area contributed by atoms with Crippen LogP contribution in [0.5, 0.6) is 5.75 Å². The number of carboxylic acids is 1. The second kappa shape index (κ2) is 9.48. The van der Waals surface area contributed by atoms with Crippen molar-refractivity contribution in [1.82, 2.24) is 24.7 Å². The Labute approximate surface area is 230 Å². The molecule has 10 heteroatoms. The van der Waals surface area contributed by atoms with Gasteiger partial charge in [-0.25, -0.2) is 19.7 Å². The van der Waals surface area contributed by atoms with E-state index in [0.29, 0.717) is 5.75 Å². The molecule has 0 atom stereocenters. The fourth-order valence-corrected chi connectivity index (χ4v) is 5.31. The van der Waals surface area contributed by atoms with Crippen molar-refractivity contribution in [3.8, 4) is 33.7 Å². The zero-order chi connectivity index (χ0) is 27.4. The van der Waals surface area contributed by atoms with Crippen LogP contribution in [0, 0.1) is 13.8 Å². The molecule has 4 aromatic heterocycles. The number of carboxylic acid groups (broad SMARTS) is 1. The van der Waals surface area contributed by atoms with Crippen LogP contribution in [0.2, 0.25) is 0 Å². The van der Waals surface area contributed by atoms with E-state index in [0.717, 1.165) is 95.1 Å². The number of fused-ring (bicyclic) bond motifs is 1. The van der Waals surface area contributed by atoms with Gasteiger partial charge in [0.15, 0.2) is 0 Å². The zero-order valence-electron chi connectivity index (χ0n) is 22.3. The summed E-state index contributed by atoms with van der Waals surface area (Å²) in [5, 5.41) is 14.7. The maximum atomic E-state index is 11.8. The Kier molecular flexibility index (Phi) is 5.76. The molecular weight excluding hydrogens is 508 g/mol. The molecule has 1 N–H and O–H groups in total. The number of carbonyl (C=O) groups is 1. The monoisotopic (exact) mass is 536 g/mol. The smallest absolute Gasteiger partial charge is 0.335 e. The van der Waals surface area contributed by atoms with Gasteiger partial charge in [-0.15, -0.1) is 0 Å². The van der Waals surface area contributed by atoms with Crippen LogP contribution in [0.25, 0.3) is 39.0 Å². The van der Waals surface area contributed by atoms with Crippen molar-refractivity contribution in [3.05, 3.63) is 66.1 Å². The average molecular weight is 537 g/mol. The highest BCUT2D eigenvalue weighted by atomic mass is 16.5. The predicted octanol–water partition coefficient (Wildman–Crippen LogP) is 5.59. The lowest BCUT2D eigenvalue weighted by atomic mass is 9.95. The van der Waals surface area contributed by atoms with E-state index in [1.807, 2.05) is 49.3 Å². The first-order chi connectivity index (χ1) is 19.5. The third kappa shape index (κ3) is 4.07. The van der Waals surface area contributed by atoms with Crippen molar-refractivity contribution in [1.29, 1.82) is 0 Å². The highest BCUT2D eigenvalue weighted by molar-refractivity contribution is 5.99. The molecule has 1 aliphatic heterocycles. The van der Waals surface area contributed by atoms with Crippen LogP contribution in [0.3, 0.4) is 0 Å². The van der Waals surface area contributed by atoms with E-state index in [4.69, 9.17) is 14.2 Å². The highest BCUT2D eigenvalue weighted by Crippen LogP contribution is 2.41. The molecule has 0 spiro atoms. The molecule has 0 bridgehead atoms. The highest BCUT2D eigenvalue weighted by Gasteiger charge is 2.25. The van der Waals surface area contributed by atoms with Crippen molar-refractivity contribution < 1.29 is 19.2 Å². The number of benzene rings is 1. The minimum absolute atomic E-state index is 0.0783. The van der Waals surface area contributed by atoms with Gasteiger partial charge in [-0.3, -0.25) is 4.57 Å². The van der Waals surface area contributed by atoms with Gasteiger partial charge in [0.2, 0.25) is 5.95 Å². The quantitative estimate of drug-likeness (QED) is 0.284. The number of aromatic carboxylic acids is 1. The first-order valence-electron chi connectivity index (χ1n) is 13.5. The van der Waals surface area contributed by atoms with E-state index >= 15 is 0 Å². The summed E-state index contributed by atoms with van der Waals surface area (Å²) in [5.41, 5.74) is 5.94. The largest absolute Gasteiger partial charge is 0.490 e. The first kappa shape index (κ1) is 24.3. The number of anilines is 1. The van der Waals surface area contributed by atoms with Crippen LogP contribution in [-0.4, -0.2) is 54.9 Å². The van der Waals surface area contributed by atoms with Crippen LogP contribution < -0.4 is 9.64 Å². The lowest BCUT2D eigenvalue weighted by molar-refractivity contribution is 0.0695. The van der Waals surface area contributed by atoms with Crippen molar-refractivity contribution in [3.63, 3.8) is 0 Å². The molecule has 5 heterocycles. The summed E-state index contributed by atoms with van der Waals surface area (Å²) >= 11 is 0. The summed E-state index contributed by atoms with van der Waals surface area (Å²) in [6.45, 7) is 5.74. The molecule has 2 aliphatic rings. The number of rotatable bonds is 7.